The summed E-state index contributed by atoms with van der Waals surface area (Å²) in [6.07, 6.45) is 0.644. The molecular formula is C16H23ClN2O3. The third-order valence-corrected chi connectivity index (χ3v) is 4.33. The van der Waals surface area contributed by atoms with Crippen LogP contribution in [0.2, 0.25) is 5.02 Å². The lowest BCUT2D eigenvalue weighted by molar-refractivity contribution is -0.144. The van der Waals surface area contributed by atoms with Crippen molar-refractivity contribution >= 4 is 17.6 Å². The Hall–Kier alpha value is -1.30. The van der Waals surface area contributed by atoms with E-state index < -0.39 is 5.97 Å². The van der Waals surface area contributed by atoms with E-state index in [0.717, 1.165) is 32.7 Å². The van der Waals surface area contributed by atoms with Gasteiger partial charge in [-0.3, -0.25) is 14.6 Å². The van der Waals surface area contributed by atoms with Gasteiger partial charge in [-0.25, -0.2) is 0 Å². The first-order valence-electron chi connectivity index (χ1n) is 7.68. The molecule has 1 heterocycles. The first-order chi connectivity index (χ1) is 10.6. The molecule has 0 radical (unpaired) electrons. The standard InChI is InChI=1S/C16H23ClN2O3/c1-2-14(16(20)21)19-9-7-18(8-10-19)11-12-22-15-6-4-3-5-13(15)17/h3-6,14H,2,7-12H2,1H3,(H,20,21). The summed E-state index contributed by atoms with van der Waals surface area (Å²) in [5.41, 5.74) is 0. The summed E-state index contributed by atoms with van der Waals surface area (Å²) in [7, 11) is 0. The Morgan fingerprint density at radius 3 is 2.59 bits per heavy atom. The Morgan fingerprint density at radius 2 is 2.00 bits per heavy atom. The summed E-state index contributed by atoms with van der Waals surface area (Å²) in [5, 5.41) is 9.82. The predicted octanol–water partition coefficient (Wildman–Crippen LogP) is 2.20. The number of rotatable bonds is 7. The van der Waals surface area contributed by atoms with Gasteiger partial charge < -0.3 is 9.84 Å². The average Bonchev–Trinajstić information content (AvgIpc) is 2.51. The van der Waals surface area contributed by atoms with Crippen molar-refractivity contribution in [3.8, 4) is 5.75 Å². The van der Waals surface area contributed by atoms with Crippen LogP contribution in [0.1, 0.15) is 13.3 Å². The molecule has 0 spiro atoms. The summed E-state index contributed by atoms with van der Waals surface area (Å²) in [6, 6.07) is 7.09. The fraction of sp³-hybridized carbons (Fsp3) is 0.562. The number of carboxylic acids is 1. The maximum atomic E-state index is 11.2. The summed E-state index contributed by atoms with van der Waals surface area (Å²) in [4.78, 5) is 15.5. The second kappa shape index (κ2) is 8.36. The number of hydrogen-bond acceptors (Lipinski definition) is 4. The van der Waals surface area contributed by atoms with E-state index in [1.807, 2.05) is 36.1 Å². The highest BCUT2D eigenvalue weighted by Crippen LogP contribution is 2.22. The van der Waals surface area contributed by atoms with Crippen molar-refractivity contribution in [3.05, 3.63) is 29.3 Å². The highest BCUT2D eigenvalue weighted by molar-refractivity contribution is 6.32. The predicted molar refractivity (Wildman–Crippen MR) is 86.7 cm³/mol. The molecule has 5 nitrogen and oxygen atoms in total. The van der Waals surface area contributed by atoms with Crippen molar-refractivity contribution in [3.63, 3.8) is 0 Å². The van der Waals surface area contributed by atoms with E-state index in [2.05, 4.69) is 4.90 Å². The minimum atomic E-state index is -0.724. The number of carbonyl (C=O) groups is 1. The van der Waals surface area contributed by atoms with Gasteiger partial charge in [0, 0.05) is 32.7 Å². The van der Waals surface area contributed by atoms with E-state index in [0.29, 0.717) is 23.8 Å². The van der Waals surface area contributed by atoms with E-state index in [-0.39, 0.29) is 6.04 Å². The van der Waals surface area contributed by atoms with Gasteiger partial charge in [0.25, 0.3) is 0 Å². The number of ether oxygens (including phenoxy) is 1. The molecule has 1 aliphatic rings. The molecule has 1 N–H and O–H groups in total. The Bertz CT molecular complexity index is 490. The number of hydrogen-bond donors (Lipinski definition) is 1. The van der Waals surface area contributed by atoms with Crippen molar-refractivity contribution in [1.82, 2.24) is 9.80 Å². The third kappa shape index (κ3) is 4.60. The van der Waals surface area contributed by atoms with Crippen LogP contribution >= 0.6 is 11.6 Å². The van der Waals surface area contributed by atoms with Gasteiger partial charge in [0.15, 0.2) is 0 Å². The quantitative estimate of drug-likeness (QED) is 0.832. The molecule has 0 aromatic heterocycles. The maximum Gasteiger partial charge on any atom is 0.320 e. The number of carboxylic acid groups (broad SMARTS) is 1. The van der Waals surface area contributed by atoms with E-state index in [9.17, 15) is 9.90 Å². The molecule has 1 atom stereocenters. The number of para-hydroxylation sites is 1. The molecule has 22 heavy (non-hydrogen) atoms. The Morgan fingerprint density at radius 1 is 1.32 bits per heavy atom. The Balaban J connectivity index is 1.72. The van der Waals surface area contributed by atoms with Gasteiger partial charge in [-0.2, -0.15) is 0 Å². The van der Waals surface area contributed by atoms with Gasteiger partial charge >= 0.3 is 5.97 Å². The van der Waals surface area contributed by atoms with Gasteiger partial charge in [-0.05, 0) is 18.6 Å². The molecule has 1 saturated heterocycles. The minimum absolute atomic E-state index is 0.360. The van der Waals surface area contributed by atoms with Crippen LogP contribution in [0.3, 0.4) is 0 Å². The third-order valence-electron chi connectivity index (χ3n) is 4.02. The molecule has 1 aliphatic heterocycles. The largest absolute Gasteiger partial charge is 0.491 e. The molecule has 1 aromatic carbocycles. The zero-order valence-electron chi connectivity index (χ0n) is 12.9. The monoisotopic (exact) mass is 326 g/mol. The van der Waals surface area contributed by atoms with Crippen LogP contribution < -0.4 is 4.74 Å². The Kier molecular flexibility index (Phi) is 6.49. The second-order valence-electron chi connectivity index (χ2n) is 5.42. The minimum Gasteiger partial charge on any atom is -0.491 e. The fourth-order valence-electron chi connectivity index (χ4n) is 2.73. The maximum absolute atomic E-state index is 11.2. The van der Waals surface area contributed by atoms with Crippen molar-refractivity contribution in [2.45, 2.75) is 19.4 Å². The van der Waals surface area contributed by atoms with Crippen LogP contribution in [0.4, 0.5) is 0 Å². The van der Waals surface area contributed by atoms with Crippen molar-refractivity contribution in [2.75, 3.05) is 39.3 Å². The molecule has 2 rings (SSSR count). The van der Waals surface area contributed by atoms with Gasteiger partial charge in [0.2, 0.25) is 0 Å². The molecule has 0 amide bonds. The number of halogens is 1. The second-order valence-corrected chi connectivity index (χ2v) is 5.83. The first-order valence-corrected chi connectivity index (χ1v) is 8.06. The lowest BCUT2D eigenvalue weighted by Crippen LogP contribution is -2.53. The fourth-order valence-corrected chi connectivity index (χ4v) is 2.92. The van der Waals surface area contributed by atoms with Crippen LogP contribution in [0.25, 0.3) is 0 Å². The normalized spacial score (nSPS) is 18.1. The van der Waals surface area contributed by atoms with Crippen molar-refractivity contribution in [1.29, 1.82) is 0 Å². The first kappa shape index (κ1) is 17.1. The zero-order valence-corrected chi connectivity index (χ0v) is 13.6. The molecule has 0 aliphatic carbocycles. The van der Waals surface area contributed by atoms with E-state index in [1.54, 1.807) is 0 Å². The van der Waals surface area contributed by atoms with E-state index in [4.69, 9.17) is 16.3 Å². The highest BCUT2D eigenvalue weighted by atomic mass is 35.5. The van der Waals surface area contributed by atoms with Crippen LogP contribution in [-0.4, -0.2) is 66.2 Å². The number of benzene rings is 1. The van der Waals surface area contributed by atoms with E-state index in [1.165, 1.54) is 0 Å². The number of piperazine rings is 1. The lowest BCUT2D eigenvalue weighted by atomic mass is 10.1. The molecule has 1 fully saturated rings. The van der Waals surface area contributed by atoms with Gasteiger partial charge in [0.1, 0.15) is 18.4 Å². The van der Waals surface area contributed by atoms with Crippen LogP contribution in [-0.2, 0) is 4.79 Å². The molecule has 1 unspecified atom stereocenters. The van der Waals surface area contributed by atoms with E-state index >= 15 is 0 Å². The Labute approximate surface area is 136 Å². The zero-order chi connectivity index (χ0) is 15.9. The van der Waals surface area contributed by atoms with Crippen molar-refractivity contribution < 1.29 is 14.6 Å². The molecular weight excluding hydrogens is 304 g/mol. The van der Waals surface area contributed by atoms with Crippen LogP contribution in [0.15, 0.2) is 24.3 Å². The number of aliphatic carboxylic acids is 1. The molecule has 0 bridgehead atoms. The summed E-state index contributed by atoms with van der Waals surface area (Å²) in [5.74, 6) is -0.0160. The van der Waals surface area contributed by atoms with Gasteiger partial charge in [0.05, 0.1) is 5.02 Å². The topological polar surface area (TPSA) is 53.0 Å². The van der Waals surface area contributed by atoms with Gasteiger partial charge in [-0.15, -0.1) is 0 Å². The van der Waals surface area contributed by atoms with Gasteiger partial charge in [-0.1, -0.05) is 30.7 Å². The number of nitrogens with zero attached hydrogens (tertiary/aromatic N) is 2. The molecule has 6 heteroatoms. The van der Waals surface area contributed by atoms with Crippen LogP contribution in [0, 0.1) is 0 Å². The highest BCUT2D eigenvalue weighted by Gasteiger charge is 2.27. The summed E-state index contributed by atoms with van der Waals surface area (Å²) < 4.78 is 5.69. The molecule has 0 saturated carbocycles. The molecule has 122 valence electrons. The summed E-state index contributed by atoms with van der Waals surface area (Å²) in [6.45, 7) is 6.64. The van der Waals surface area contributed by atoms with Crippen molar-refractivity contribution in [2.24, 2.45) is 0 Å². The average molecular weight is 327 g/mol. The molecule has 1 aromatic rings. The SMILES string of the molecule is CCC(C(=O)O)N1CCN(CCOc2ccccc2Cl)CC1. The summed E-state index contributed by atoms with van der Waals surface area (Å²) >= 11 is 6.04. The van der Waals surface area contributed by atoms with Crippen LogP contribution in [0.5, 0.6) is 5.75 Å². The smallest absolute Gasteiger partial charge is 0.320 e. The lowest BCUT2D eigenvalue weighted by Gasteiger charge is -2.37.